The zero-order valence-electron chi connectivity index (χ0n) is 21.7. The average Bonchev–Trinajstić information content (AvgIpc) is 3.43. The van der Waals surface area contributed by atoms with E-state index in [0.29, 0.717) is 49.0 Å². The van der Waals surface area contributed by atoms with Crippen LogP contribution in [0.15, 0.2) is 68.4 Å². The molecule has 0 radical (unpaired) electrons. The van der Waals surface area contributed by atoms with Crippen LogP contribution in [0, 0.1) is 5.92 Å². The van der Waals surface area contributed by atoms with E-state index in [1.54, 1.807) is 19.2 Å². The maximum Gasteiger partial charge on any atom is 0.282 e. The van der Waals surface area contributed by atoms with E-state index in [1.165, 1.54) is 6.20 Å². The second-order valence-electron chi connectivity index (χ2n) is 9.91. The summed E-state index contributed by atoms with van der Waals surface area (Å²) in [5.74, 6) is -2.16. The number of ether oxygens (including phenoxy) is 2. The number of alkyl halides is 2. The SMILES string of the molecule is COCc1cc(C2=NN=C3CC2CC/N=C(/OCc2ccc(C(=O)N4CC(F)(F)C4)cn2)c2ccccc23)no1. The van der Waals surface area contributed by atoms with Gasteiger partial charge in [-0.1, -0.05) is 23.4 Å². The van der Waals surface area contributed by atoms with Gasteiger partial charge in [0.2, 0.25) is 5.90 Å². The van der Waals surface area contributed by atoms with Crippen LogP contribution < -0.4 is 0 Å². The second-order valence-corrected chi connectivity index (χ2v) is 9.91. The molecule has 1 aromatic carbocycles. The summed E-state index contributed by atoms with van der Waals surface area (Å²) in [6.45, 7) is -0.208. The molecule has 1 amide bonds. The van der Waals surface area contributed by atoms with Crippen LogP contribution in [0.1, 0.15) is 51.5 Å². The van der Waals surface area contributed by atoms with E-state index in [4.69, 9.17) is 19.0 Å². The second kappa shape index (κ2) is 10.7. The van der Waals surface area contributed by atoms with Gasteiger partial charge in [-0.25, -0.2) is 8.78 Å². The van der Waals surface area contributed by atoms with Gasteiger partial charge in [0.1, 0.15) is 18.9 Å². The van der Waals surface area contributed by atoms with Crippen molar-refractivity contribution in [3.8, 4) is 0 Å². The topological polar surface area (TPSA) is 115 Å². The number of amides is 1. The minimum absolute atomic E-state index is 0.0438. The lowest BCUT2D eigenvalue weighted by molar-refractivity contribution is -0.113. The van der Waals surface area contributed by atoms with Crippen molar-refractivity contribution in [2.24, 2.45) is 21.1 Å². The summed E-state index contributed by atoms with van der Waals surface area (Å²) in [6, 6.07) is 12.8. The number of carbonyl (C=O) groups excluding carboxylic acids is 1. The Kier molecular flexibility index (Phi) is 6.93. The van der Waals surface area contributed by atoms with Gasteiger partial charge in [-0.3, -0.25) is 14.8 Å². The Morgan fingerprint density at radius 2 is 1.95 bits per heavy atom. The predicted molar refractivity (Wildman–Crippen MR) is 141 cm³/mol. The van der Waals surface area contributed by atoms with E-state index >= 15 is 0 Å². The van der Waals surface area contributed by atoms with Gasteiger partial charge in [0.25, 0.3) is 11.8 Å². The van der Waals surface area contributed by atoms with Gasteiger partial charge in [-0.05, 0) is 24.6 Å². The van der Waals surface area contributed by atoms with Crippen LogP contribution in [0.25, 0.3) is 0 Å². The van der Waals surface area contributed by atoms with Crippen molar-refractivity contribution in [1.29, 1.82) is 0 Å². The highest BCUT2D eigenvalue weighted by Gasteiger charge is 2.46. The van der Waals surface area contributed by atoms with Crippen LogP contribution in [-0.4, -0.2) is 70.9 Å². The lowest BCUT2D eigenvalue weighted by Crippen LogP contribution is -2.58. The number of hydrogen-bond acceptors (Lipinski definition) is 9. The largest absolute Gasteiger partial charge is 0.471 e. The number of halogens is 2. The Hall–Kier alpha value is -4.32. The highest BCUT2D eigenvalue weighted by atomic mass is 19.3. The highest BCUT2D eigenvalue weighted by Crippen LogP contribution is 2.29. The number of aliphatic imine (C=N–C) groups is 1. The average molecular weight is 549 g/mol. The first kappa shape index (κ1) is 25.9. The fraction of sp³-hybridized carbons (Fsp3) is 0.357. The molecule has 40 heavy (non-hydrogen) atoms. The van der Waals surface area contributed by atoms with Gasteiger partial charge in [0.15, 0.2) is 5.76 Å². The van der Waals surface area contributed by atoms with Gasteiger partial charge >= 0.3 is 0 Å². The number of pyridine rings is 1. The van der Waals surface area contributed by atoms with Crippen molar-refractivity contribution in [3.05, 3.63) is 82.5 Å². The standard InChI is InChI=1S/C28H26F2N6O4/c1-38-14-20-11-24(35-40-20)25-17-8-9-31-26(22-5-3-2-4-21(22)23(10-17)33-34-25)39-13-19-7-6-18(12-32-19)27(37)36-15-28(29,30)16-36/h2-7,11-12,17H,8-10,13-16H2,1H3/b31-26+. The third-order valence-electron chi connectivity index (χ3n) is 6.97. The van der Waals surface area contributed by atoms with Crippen molar-refractivity contribution in [3.63, 3.8) is 0 Å². The van der Waals surface area contributed by atoms with Crippen molar-refractivity contribution in [2.45, 2.75) is 32.0 Å². The van der Waals surface area contributed by atoms with Gasteiger partial charge in [-0.15, -0.1) is 0 Å². The maximum absolute atomic E-state index is 13.1. The molecule has 3 aromatic rings. The number of hydrogen-bond donors (Lipinski definition) is 0. The molecule has 3 aliphatic rings. The van der Waals surface area contributed by atoms with Crippen molar-refractivity contribution in [2.75, 3.05) is 26.7 Å². The number of rotatable bonds is 6. The van der Waals surface area contributed by atoms with Crippen molar-refractivity contribution in [1.82, 2.24) is 15.0 Å². The Morgan fingerprint density at radius 1 is 1.12 bits per heavy atom. The highest BCUT2D eigenvalue weighted by molar-refractivity contribution is 6.14. The lowest BCUT2D eigenvalue weighted by Gasteiger charge is -2.38. The molecule has 206 valence electrons. The summed E-state index contributed by atoms with van der Waals surface area (Å²) in [6.07, 6.45) is 2.76. The Labute approximate surface area is 228 Å². The molecule has 0 saturated carbocycles. The Morgan fingerprint density at radius 3 is 2.70 bits per heavy atom. The van der Waals surface area contributed by atoms with Crippen molar-refractivity contribution >= 4 is 23.2 Å². The molecule has 12 heteroatoms. The number of methoxy groups -OCH3 is 1. The molecular formula is C28H26F2N6O4. The normalized spacial score (nSPS) is 20.9. The van der Waals surface area contributed by atoms with Gasteiger partial charge in [0, 0.05) is 49.4 Å². The number of likely N-dealkylation sites (tertiary alicyclic amines) is 1. The number of nitrogens with zero attached hydrogens (tertiary/aromatic N) is 6. The first-order valence-electron chi connectivity index (χ1n) is 12.9. The first-order chi connectivity index (χ1) is 19.4. The van der Waals surface area contributed by atoms with Gasteiger partial charge in [-0.2, -0.15) is 10.2 Å². The van der Waals surface area contributed by atoms with Crippen LogP contribution >= 0.6 is 0 Å². The minimum atomic E-state index is -2.81. The molecule has 2 aromatic heterocycles. The third-order valence-corrected chi connectivity index (χ3v) is 6.97. The first-order valence-corrected chi connectivity index (χ1v) is 12.9. The molecule has 3 aliphatic heterocycles. The maximum atomic E-state index is 13.1. The fourth-order valence-corrected chi connectivity index (χ4v) is 4.94. The van der Waals surface area contributed by atoms with E-state index in [-0.39, 0.29) is 18.1 Å². The molecule has 1 saturated heterocycles. The van der Waals surface area contributed by atoms with Crippen LogP contribution in [-0.2, 0) is 22.7 Å². The summed E-state index contributed by atoms with van der Waals surface area (Å²) < 4.78 is 42.9. The summed E-state index contributed by atoms with van der Waals surface area (Å²) in [5, 5.41) is 13.3. The zero-order valence-corrected chi connectivity index (χ0v) is 21.7. The third kappa shape index (κ3) is 5.26. The molecule has 6 rings (SSSR count). The number of aromatic nitrogens is 2. The smallest absolute Gasteiger partial charge is 0.282 e. The van der Waals surface area contributed by atoms with E-state index in [9.17, 15) is 13.6 Å². The fourth-order valence-electron chi connectivity index (χ4n) is 4.94. The van der Waals surface area contributed by atoms with Crippen LogP contribution in [0.4, 0.5) is 8.78 Å². The van der Waals surface area contributed by atoms with E-state index < -0.39 is 24.9 Å². The summed E-state index contributed by atoms with van der Waals surface area (Å²) in [4.78, 5) is 22.6. The van der Waals surface area contributed by atoms with Crippen molar-refractivity contribution < 1.29 is 27.6 Å². The molecule has 5 heterocycles. The predicted octanol–water partition coefficient (Wildman–Crippen LogP) is 3.89. The number of carbonyl (C=O) groups is 1. The van der Waals surface area contributed by atoms with E-state index in [1.807, 2.05) is 30.3 Å². The number of fused-ring (bicyclic) bond motifs is 4. The summed E-state index contributed by atoms with van der Waals surface area (Å²) >= 11 is 0. The molecular weight excluding hydrogens is 522 g/mol. The molecule has 0 aliphatic carbocycles. The lowest BCUT2D eigenvalue weighted by atomic mass is 9.87. The molecule has 0 N–H and O–H groups in total. The van der Waals surface area contributed by atoms with E-state index in [0.717, 1.165) is 27.5 Å². The summed E-state index contributed by atoms with van der Waals surface area (Å²) in [5.41, 5.74) is 4.75. The molecule has 0 spiro atoms. The molecule has 1 fully saturated rings. The monoisotopic (exact) mass is 548 g/mol. The molecule has 2 bridgehead atoms. The molecule has 1 atom stereocenters. The van der Waals surface area contributed by atoms with Crippen LogP contribution in [0.5, 0.6) is 0 Å². The Balaban J connectivity index is 1.19. The number of benzene rings is 1. The molecule has 10 nitrogen and oxygen atoms in total. The van der Waals surface area contributed by atoms with E-state index in [2.05, 4.69) is 20.3 Å². The molecule has 1 unspecified atom stereocenters. The van der Waals surface area contributed by atoms with Crippen LogP contribution in [0.3, 0.4) is 0 Å². The van der Waals surface area contributed by atoms with Gasteiger partial charge < -0.3 is 18.9 Å². The summed E-state index contributed by atoms with van der Waals surface area (Å²) in [7, 11) is 1.59. The quantitative estimate of drug-likeness (QED) is 0.462. The van der Waals surface area contributed by atoms with Crippen LogP contribution in [0.2, 0.25) is 0 Å². The van der Waals surface area contributed by atoms with Gasteiger partial charge in [0.05, 0.1) is 35.8 Å². The minimum Gasteiger partial charge on any atom is -0.471 e. The zero-order chi connectivity index (χ0) is 27.7. The Bertz CT molecular complexity index is 1510.